The first-order chi connectivity index (χ1) is 7.11. The van der Waals surface area contributed by atoms with Crippen molar-refractivity contribution >= 4 is 6.09 Å². The Morgan fingerprint density at radius 1 is 1.60 bits per heavy atom. The van der Waals surface area contributed by atoms with Crippen LogP contribution in [0.5, 0.6) is 0 Å². The third-order valence-electron chi connectivity index (χ3n) is 3.60. The molecule has 2 bridgehead atoms. The fourth-order valence-electron chi connectivity index (χ4n) is 2.73. The van der Waals surface area contributed by atoms with Crippen LogP contribution in [0.15, 0.2) is 0 Å². The summed E-state index contributed by atoms with van der Waals surface area (Å²) in [5, 5.41) is 3.44. The second-order valence-corrected chi connectivity index (χ2v) is 5.19. The number of nitrogens with zero attached hydrogens (tertiary/aromatic N) is 1. The zero-order valence-corrected chi connectivity index (χ0v) is 9.58. The van der Waals surface area contributed by atoms with Gasteiger partial charge in [-0.1, -0.05) is 0 Å². The average Bonchev–Trinajstić information content (AvgIpc) is 2.51. The van der Waals surface area contributed by atoms with Gasteiger partial charge in [0.15, 0.2) is 0 Å². The molecule has 2 rings (SSSR count). The number of rotatable bonds is 2. The maximum Gasteiger partial charge on any atom is 0.409 e. The van der Waals surface area contributed by atoms with Crippen LogP contribution < -0.4 is 5.32 Å². The van der Waals surface area contributed by atoms with Gasteiger partial charge in [-0.15, -0.1) is 0 Å². The largest absolute Gasteiger partial charge is 0.449 e. The summed E-state index contributed by atoms with van der Waals surface area (Å²) in [7, 11) is 3.44. The van der Waals surface area contributed by atoms with Gasteiger partial charge in [0.2, 0.25) is 0 Å². The van der Waals surface area contributed by atoms with Crippen LogP contribution >= 0.6 is 0 Å². The van der Waals surface area contributed by atoms with Gasteiger partial charge in [-0.3, -0.25) is 0 Å². The van der Waals surface area contributed by atoms with E-state index < -0.39 is 0 Å². The standard InChI is InChI=1S/C11H20N2O2/c1-13(2)10(14)15-8-11-4-3-9(5-11)6-12-7-11/h9,12H,3-8H2,1-2H3. The summed E-state index contributed by atoms with van der Waals surface area (Å²) >= 11 is 0. The summed E-state index contributed by atoms with van der Waals surface area (Å²) in [4.78, 5) is 12.8. The van der Waals surface area contributed by atoms with Crippen molar-refractivity contribution in [3.05, 3.63) is 0 Å². The summed E-state index contributed by atoms with van der Waals surface area (Å²) in [6.07, 6.45) is 3.48. The van der Waals surface area contributed by atoms with Crippen LogP contribution in [0.4, 0.5) is 4.79 Å². The number of hydrogen-bond acceptors (Lipinski definition) is 3. The van der Waals surface area contributed by atoms with Crippen LogP contribution in [0.3, 0.4) is 0 Å². The number of carbonyl (C=O) groups is 1. The van der Waals surface area contributed by atoms with Crippen molar-refractivity contribution in [3.8, 4) is 0 Å². The predicted octanol–water partition coefficient (Wildman–Crippen LogP) is 1.07. The zero-order valence-electron chi connectivity index (χ0n) is 9.58. The van der Waals surface area contributed by atoms with E-state index in [1.807, 2.05) is 0 Å². The molecule has 1 N–H and O–H groups in total. The Hall–Kier alpha value is -0.770. The summed E-state index contributed by atoms with van der Waals surface area (Å²) in [6, 6.07) is 0. The first-order valence-corrected chi connectivity index (χ1v) is 5.66. The molecule has 1 heterocycles. The quantitative estimate of drug-likeness (QED) is 0.744. The van der Waals surface area contributed by atoms with E-state index in [1.165, 1.54) is 24.2 Å². The molecular formula is C11H20N2O2. The Morgan fingerprint density at radius 2 is 2.40 bits per heavy atom. The minimum Gasteiger partial charge on any atom is -0.449 e. The van der Waals surface area contributed by atoms with Crippen LogP contribution in [0.25, 0.3) is 0 Å². The molecular weight excluding hydrogens is 192 g/mol. The third kappa shape index (κ3) is 2.25. The van der Waals surface area contributed by atoms with Crippen LogP contribution in [0, 0.1) is 11.3 Å². The van der Waals surface area contributed by atoms with Crippen LogP contribution in [-0.2, 0) is 4.74 Å². The number of fused-ring (bicyclic) bond motifs is 2. The molecule has 0 radical (unpaired) electrons. The van der Waals surface area contributed by atoms with Crippen molar-refractivity contribution in [2.45, 2.75) is 19.3 Å². The Bertz CT molecular complexity index is 251. The molecule has 2 atom stereocenters. The molecule has 2 fully saturated rings. The molecule has 1 aliphatic heterocycles. The lowest BCUT2D eigenvalue weighted by atomic mass is 9.84. The first kappa shape index (κ1) is 10.7. The monoisotopic (exact) mass is 212 g/mol. The highest BCUT2D eigenvalue weighted by molar-refractivity contribution is 5.66. The maximum absolute atomic E-state index is 11.3. The molecule has 0 aromatic carbocycles. The van der Waals surface area contributed by atoms with Crippen molar-refractivity contribution in [1.29, 1.82) is 0 Å². The highest BCUT2D eigenvalue weighted by atomic mass is 16.6. The van der Waals surface area contributed by atoms with Crippen LogP contribution in [0.1, 0.15) is 19.3 Å². The lowest BCUT2D eigenvalue weighted by Gasteiger charge is -2.33. The molecule has 4 nitrogen and oxygen atoms in total. The van der Waals surface area contributed by atoms with Crippen molar-refractivity contribution < 1.29 is 9.53 Å². The van der Waals surface area contributed by atoms with E-state index >= 15 is 0 Å². The van der Waals surface area contributed by atoms with Gasteiger partial charge in [0, 0.05) is 26.1 Å². The molecule has 0 spiro atoms. The van der Waals surface area contributed by atoms with Crippen molar-refractivity contribution in [3.63, 3.8) is 0 Å². The molecule has 0 aromatic heterocycles. The van der Waals surface area contributed by atoms with Crippen molar-refractivity contribution in [1.82, 2.24) is 10.2 Å². The third-order valence-corrected chi connectivity index (χ3v) is 3.60. The number of hydrogen-bond donors (Lipinski definition) is 1. The second-order valence-electron chi connectivity index (χ2n) is 5.19. The molecule has 1 aliphatic carbocycles. The van der Waals surface area contributed by atoms with E-state index in [9.17, 15) is 4.79 Å². The average molecular weight is 212 g/mol. The molecule has 15 heavy (non-hydrogen) atoms. The first-order valence-electron chi connectivity index (χ1n) is 5.66. The lowest BCUT2D eigenvalue weighted by Crippen LogP contribution is -2.43. The Kier molecular flexibility index (Phi) is 2.87. The van der Waals surface area contributed by atoms with Gasteiger partial charge in [0.25, 0.3) is 0 Å². The molecule has 1 saturated heterocycles. The van der Waals surface area contributed by atoms with Gasteiger partial charge in [-0.05, 0) is 31.7 Å². The second kappa shape index (κ2) is 4.00. The SMILES string of the molecule is CN(C)C(=O)OCC12CCC(CNC1)C2. The van der Waals surface area contributed by atoms with Crippen molar-refractivity contribution in [2.75, 3.05) is 33.8 Å². The van der Waals surface area contributed by atoms with Gasteiger partial charge in [-0.2, -0.15) is 0 Å². The van der Waals surface area contributed by atoms with Gasteiger partial charge >= 0.3 is 6.09 Å². The van der Waals surface area contributed by atoms with Crippen LogP contribution in [0.2, 0.25) is 0 Å². The summed E-state index contributed by atoms with van der Waals surface area (Å²) < 4.78 is 5.31. The predicted molar refractivity (Wildman–Crippen MR) is 57.7 cm³/mol. The Balaban J connectivity index is 1.86. The van der Waals surface area contributed by atoms with E-state index in [2.05, 4.69) is 5.32 Å². The number of nitrogens with one attached hydrogen (secondary N) is 1. The summed E-state index contributed by atoms with van der Waals surface area (Å²) in [5.41, 5.74) is 0.231. The van der Waals surface area contributed by atoms with Gasteiger partial charge in [0.1, 0.15) is 6.61 Å². The van der Waals surface area contributed by atoms with E-state index in [-0.39, 0.29) is 11.5 Å². The number of piperidine rings is 1. The molecule has 2 unspecified atom stereocenters. The highest BCUT2D eigenvalue weighted by Gasteiger charge is 2.42. The molecule has 1 amide bonds. The normalized spacial score (nSPS) is 33.9. The van der Waals surface area contributed by atoms with Gasteiger partial charge < -0.3 is 15.0 Å². The zero-order chi connectivity index (χ0) is 10.9. The van der Waals surface area contributed by atoms with Crippen molar-refractivity contribution in [2.24, 2.45) is 11.3 Å². The molecule has 4 heteroatoms. The molecule has 2 aliphatic rings. The fourth-order valence-corrected chi connectivity index (χ4v) is 2.73. The molecule has 1 saturated carbocycles. The number of carbonyl (C=O) groups excluding carboxylic acids is 1. The minimum absolute atomic E-state index is 0.224. The smallest absolute Gasteiger partial charge is 0.409 e. The van der Waals surface area contributed by atoms with Crippen LogP contribution in [-0.4, -0.2) is 44.8 Å². The molecule has 86 valence electrons. The Morgan fingerprint density at radius 3 is 3.13 bits per heavy atom. The number of ether oxygens (including phenoxy) is 1. The minimum atomic E-state index is -0.224. The van der Waals surface area contributed by atoms with E-state index in [0.29, 0.717) is 6.61 Å². The topological polar surface area (TPSA) is 41.6 Å². The number of amides is 1. The highest BCUT2D eigenvalue weighted by Crippen LogP contribution is 2.43. The van der Waals surface area contributed by atoms with Gasteiger partial charge in [-0.25, -0.2) is 4.79 Å². The Labute approximate surface area is 91.0 Å². The van der Waals surface area contributed by atoms with Gasteiger partial charge in [0.05, 0.1) is 0 Å². The fraction of sp³-hybridized carbons (Fsp3) is 0.909. The summed E-state index contributed by atoms with van der Waals surface area (Å²) in [5.74, 6) is 0.803. The summed E-state index contributed by atoms with van der Waals surface area (Å²) in [6.45, 7) is 2.72. The van der Waals surface area contributed by atoms with E-state index in [1.54, 1.807) is 14.1 Å². The van der Waals surface area contributed by atoms with E-state index in [4.69, 9.17) is 4.74 Å². The maximum atomic E-state index is 11.3. The molecule has 0 aromatic rings. The lowest BCUT2D eigenvalue weighted by molar-refractivity contribution is 0.0578. The van der Waals surface area contributed by atoms with E-state index in [0.717, 1.165) is 19.0 Å².